The van der Waals surface area contributed by atoms with Crippen LogP contribution < -0.4 is 9.80 Å². The van der Waals surface area contributed by atoms with Gasteiger partial charge in [-0.3, -0.25) is 0 Å². The largest absolute Gasteiger partial charge is 0.454 e. The van der Waals surface area contributed by atoms with Crippen LogP contribution in [-0.2, 0) is 33.5 Å². The Labute approximate surface area is 440 Å². The number of hydrogen-bond donors (Lipinski definition) is 0. The summed E-state index contributed by atoms with van der Waals surface area (Å²) in [5.41, 5.74) is 24.1. The average molecular weight is 967 g/mol. The van der Waals surface area contributed by atoms with E-state index in [4.69, 9.17) is 4.42 Å². The number of para-hydroxylation sites is 3. The minimum Gasteiger partial charge on any atom is -0.454 e. The minimum absolute atomic E-state index is 0.0326. The average Bonchev–Trinajstić information content (AvgIpc) is 4.06. The van der Waals surface area contributed by atoms with Crippen LogP contribution in [0.1, 0.15) is 145 Å². The number of nitrogens with zero attached hydrogens (tertiary/aromatic N) is 2. The molecule has 0 unspecified atom stereocenters. The van der Waals surface area contributed by atoms with Crippen molar-refractivity contribution in [3.05, 3.63) is 238 Å². The quantitative estimate of drug-likeness (QED) is 0.166. The molecule has 0 amide bonds. The molecule has 8 aromatic carbocycles. The maximum absolute atomic E-state index is 7.27. The molecule has 9 aromatic rings. The van der Waals surface area contributed by atoms with Gasteiger partial charge in [-0.1, -0.05) is 204 Å². The Balaban J connectivity index is 1.12. The number of allylic oxidation sites excluding steroid dienone is 1. The van der Waals surface area contributed by atoms with Gasteiger partial charge >= 0.3 is 0 Å². The Morgan fingerprint density at radius 2 is 0.851 bits per heavy atom. The summed E-state index contributed by atoms with van der Waals surface area (Å²) in [6, 6.07) is 66.8. The van der Waals surface area contributed by atoms with Crippen molar-refractivity contribution in [1.29, 1.82) is 0 Å². The van der Waals surface area contributed by atoms with Crippen molar-refractivity contribution in [2.45, 2.75) is 123 Å². The third-order valence-corrected chi connectivity index (χ3v) is 16.3. The van der Waals surface area contributed by atoms with E-state index in [0.29, 0.717) is 0 Å². The van der Waals surface area contributed by atoms with E-state index < -0.39 is 5.41 Å². The third kappa shape index (κ3) is 7.52. The highest BCUT2D eigenvalue weighted by atomic mass is 16.3. The Bertz CT molecular complexity index is 3590. The first-order valence-corrected chi connectivity index (χ1v) is 26.9. The van der Waals surface area contributed by atoms with E-state index in [1.165, 1.54) is 77.7 Å². The molecular formula is C71H70N2O. The van der Waals surface area contributed by atoms with Gasteiger partial charge < -0.3 is 14.2 Å². The van der Waals surface area contributed by atoms with Crippen LogP contribution in [0.25, 0.3) is 38.9 Å². The van der Waals surface area contributed by atoms with Gasteiger partial charge in [-0.2, -0.15) is 0 Å². The van der Waals surface area contributed by atoms with E-state index in [0.717, 1.165) is 58.3 Å². The van der Waals surface area contributed by atoms with Crippen LogP contribution in [0.3, 0.4) is 0 Å². The Kier molecular flexibility index (Phi) is 10.8. The first-order chi connectivity index (χ1) is 35.2. The van der Waals surface area contributed by atoms with E-state index in [-0.39, 0.29) is 21.7 Å². The van der Waals surface area contributed by atoms with Crippen molar-refractivity contribution in [3.63, 3.8) is 0 Å². The summed E-state index contributed by atoms with van der Waals surface area (Å²) in [7, 11) is 0. The van der Waals surface area contributed by atoms with Crippen molar-refractivity contribution in [3.8, 4) is 22.3 Å². The first-order valence-electron chi connectivity index (χ1n) is 26.9. The summed E-state index contributed by atoms with van der Waals surface area (Å²) in [4.78, 5) is 4.82. The van der Waals surface area contributed by atoms with Crippen LogP contribution >= 0.6 is 0 Å². The second-order valence-corrected chi connectivity index (χ2v) is 25.3. The highest BCUT2D eigenvalue weighted by molar-refractivity contribution is 6.00. The van der Waals surface area contributed by atoms with Gasteiger partial charge in [-0.15, -0.1) is 0 Å². The molecular weight excluding hydrogens is 897 g/mol. The van der Waals surface area contributed by atoms with Crippen LogP contribution in [0.2, 0.25) is 0 Å². The van der Waals surface area contributed by atoms with Crippen LogP contribution in [0.5, 0.6) is 0 Å². The lowest BCUT2D eigenvalue weighted by Crippen LogP contribution is -2.28. The summed E-state index contributed by atoms with van der Waals surface area (Å²) < 4.78 is 7.27. The zero-order valence-corrected chi connectivity index (χ0v) is 45.5. The molecule has 1 spiro atoms. The van der Waals surface area contributed by atoms with Crippen LogP contribution in [0.4, 0.5) is 28.4 Å². The molecule has 0 N–H and O–H groups in total. The number of fused-ring (bicyclic) bond motifs is 13. The lowest BCUT2D eigenvalue weighted by atomic mass is 9.68. The topological polar surface area (TPSA) is 19.6 Å². The van der Waals surface area contributed by atoms with Gasteiger partial charge in [0.1, 0.15) is 5.58 Å². The lowest BCUT2D eigenvalue weighted by molar-refractivity contribution is 0.548. The van der Waals surface area contributed by atoms with Crippen molar-refractivity contribution in [2.75, 3.05) is 9.80 Å². The minimum atomic E-state index is -0.526. The highest BCUT2D eigenvalue weighted by Crippen LogP contribution is 2.64. The fourth-order valence-electron chi connectivity index (χ4n) is 12.4. The van der Waals surface area contributed by atoms with Crippen molar-refractivity contribution < 1.29 is 4.42 Å². The second-order valence-electron chi connectivity index (χ2n) is 25.3. The fraction of sp³-hybridized carbons (Fsp3) is 0.268. The van der Waals surface area contributed by atoms with Crippen molar-refractivity contribution >= 4 is 45.1 Å². The van der Waals surface area contributed by atoms with E-state index in [9.17, 15) is 0 Å². The third-order valence-electron chi connectivity index (χ3n) is 16.3. The standard InChI is InChI=1S/C71H70N2O/c1-67(2,3)45-29-37-53-54-38-30-46(68(4,5)6)42-62(54)71(61(53)41-45)59-40-36-52(44-58(59)55-39-31-47(43-63(55)71)69(7,8)9)73(64-28-20-26-57-56-25-19-27-60(70(10,11)12)65(56)74-66(57)64)51-34-32-50(33-35-51)72(48-21-15-13-16-22-48)49-23-17-14-18-24-49/h13-19,21-25,27-44H,20,26H2,1-12H3. The summed E-state index contributed by atoms with van der Waals surface area (Å²) in [6.07, 6.45) is 4.25. The molecule has 0 bridgehead atoms. The molecule has 0 saturated carbocycles. The van der Waals surface area contributed by atoms with Crippen molar-refractivity contribution in [1.82, 2.24) is 0 Å². The van der Waals surface area contributed by atoms with Gasteiger partial charge in [0.2, 0.25) is 0 Å². The molecule has 12 rings (SSSR count). The Morgan fingerprint density at radius 1 is 0.392 bits per heavy atom. The lowest BCUT2D eigenvalue weighted by Gasteiger charge is -2.34. The van der Waals surface area contributed by atoms with Gasteiger partial charge in [0.15, 0.2) is 5.76 Å². The highest BCUT2D eigenvalue weighted by Gasteiger charge is 2.53. The molecule has 3 aliphatic rings. The van der Waals surface area contributed by atoms with Gasteiger partial charge in [-0.25, -0.2) is 0 Å². The molecule has 3 nitrogen and oxygen atoms in total. The molecule has 370 valence electrons. The van der Waals surface area contributed by atoms with E-state index >= 15 is 0 Å². The maximum atomic E-state index is 7.27. The van der Waals surface area contributed by atoms with E-state index in [1.54, 1.807) is 0 Å². The molecule has 0 fully saturated rings. The van der Waals surface area contributed by atoms with Crippen molar-refractivity contribution in [2.24, 2.45) is 0 Å². The number of hydrogen-bond acceptors (Lipinski definition) is 3. The maximum Gasteiger partial charge on any atom is 0.155 e. The molecule has 1 aromatic heterocycles. The predicted octanol–water partition coefficient (Wildman–Crippen LogP) is 19.6. The summed E-state index contributed by atoms with van der Waals surface area (Å²) >= 11 is 0. The number of aryl methyl sites for hydroxylation is 1. The summed E-state index contributed by atoms with van der Waals surface area (Å²) in [5, 5.41) is 1.22. The number of anilines is 5. The molecule has 3 heteroatoms. The van der Waals surface area contributed by atoms with Gasteiger partial charge in [0.25, 0.3) is 0 Å². The number of rotatable bonds is 6. The fourth-order valence-corrected chi connectivity index (χ4v) is 12.4. The number of benzene rings is 8. The Hall–Kier alpha value is -7.36. The Morgan fingerprint density at radius 3 is 1.34 bits per heavy atom. The molecule has 74 heavy (non-hydrogen) atoms. The van der Waals surface area contributed by atoms with Gasteiger partial charge in [0.05, 0.1) is 11.1 Å². The van der Waals surface area contributed by atoms with Gasteiger partial charge in [-0.05, 0) is 156 Å². The van der Waals surface area contributed by atoms with E-state index in [1.807, 2.05) is 0 Å². The first kappa shape index (κ1) is 47.6. The van der Waals surface area contributed by atoms with Crippen LogP contribution in [0, 0.1) is 0 Å². The second kappa shape index (κ2) is 16.8. The number of furan rings is 1. The predicted molar refractivity (Wildman–Crippen MR) is 313 cm³/mol. The van der Waals surface area contributed by atoms with E-state index in [2.05, 4.69) is 275 Å². The summed E-state index contributed by atoms with van der Waals surface area (Å²) in [5.74, 6) is 0.956. The molecule has 3 aliphatic carbocycles. The van der Waals surface area contributed by atoms with Crippen LogP contribution in [0.15, 0.2) is 186 Å². The molecule has 1 heterocycles. The molecule has 0 radical (unpaired) electrons. The zero-order chi connectivity index (χ0) is 51.7. The smallest absolute Gasteiger partial charge is 0.155 e. The molecule has 0 atom stereocenters. The summed E-state index contributed by atoms with van der Waals surface area (Å²) in [6.45, 7) is 28.0. The SMILES string of the molecule is CC(C)(C)c1ccc2c(c1)C1(c3ccc(N(C4=CCCc5c4oc4c(C(C)(C)C)cccc54)c4ccc(N(c5ccccc5)c5ccccc5)cc4)cc3-2)c2cc(C(C)(C)C)ccc2-c2ccc(C(C)(C)C)cc21. The zero-order valence-electron chi connectivity index (χ0n) is 45.5. The molecule has 0 saturated heterocycles. The monoisotopic (exact) mass is 967 g/mol. The molecule has 0 aliphatic heterocycles. The van der Waals surface area contributed by atoms with Gasteiger partial charge in [0, 0.05) is 45.0 Å². The normalized spacial score (nSPS) is 14.6. The van der Waals surface area contributed by atoms with Crippen LogP contribution in [-0.4, -0.2) is 0 Å².